The molecular weight excluding hydrogens is 376 g/mol. The Morgan fingerprint density at radius 3 is 2.66 bits per heavy atom. The van der Waals surface area contributed by atoms with Crippen LogP contribution in [0.3, 0.4) is 0 Å². The van der Waals surface area contributed by atoms with Gasteiger partial charge in [0.25, 0.3) is 0 Å². The first kappa shape index (κ1) is 19.9. The Balaban J connectivity index is 1.94. The molecule has 1 fully saturated rings. The monoisotopic (exact) mass is 402 g/mol. The van der Waals surface area contributed by atoms with Crippen molar-refractivity contribution in [1.29, 1.82) is 0 Å². The number of carbonyl (C=O) groups is 1. The lowest BCUT2D eigenvalue weighted by molar-refractivity contribution is -0.169. The van der Waals surface area contributed by atoms with Crippen molar-refractivity contribution in [1.82, 2.24) is 0 Å². The minimum atomic E-state index is -1.50. The zero-order chi connectivity index (χ0) is 21.0. The molecule has 1 aliphatic heterocycles. The van der Waals surface area contributed by atoms with Gasteiger partial charge in [-0.15, -0.1) is 6.58 Å². The highest BCUT2D eigenvalue weighted by Gasteiger charge is 2.72. The minimum absolute atomic E-state index is 0.0966. The average Bonchev–Trinajstić information content (AvgIpc) is 3.25. The molecule has 2 bridgehead atoms. The van der Waals surface area contributed by atoms with Crippen molar-refractivity contribution in [2.24, 2.45) is 5.92 Å². The molecule has 7 nitrogen and oxygen atoms in total. The van der Waals surface area contributed by atoms with Crippen molar-refractivity contribution < 1.29 is 33.6 Å². The number of aliphatic hydroxyl groups excluding tert-OH is 1. The maximum absolute atomic E-state index is 13.6. The molecule has 29 heavy (non-hydrogen) atoms. The highest BCUT2D eigenvalue weighted by atomic mass is 16.7. The molecule has 0 amide bonds. The van der Waals surface area contributed by atoms with Crippen LogP contribution >= 0.6 is 0 Å². The summed E-state index contributed by atoms with van der Waals surface area (Å²) >= 11 is 0. The van der Waals surface area contributed by atoms with Crippen LogP contribution in [0.4, 0.5) is 0 Å². The van der Waals surface area contributed by atoms with Gasteiger partial charge in [-0.3, -0.25) is 4.79 Å². The van der Waals surface area contributed by atoms with E-state index in [1.165, 1.54) is 7.11 Å². The highest BCUT2D eigenvalue weighted by molar-refractivity contribution is 6.06. The maximum Gasteiger partial charge on any atom is 0.231 e. The normalized spacial score (nSPS) is 34.9. The van der Waals surface area contributed by atoms with Gasteiger partial charge in [0, 0.05) is 31.6 Å². The number of fused-ring (bicyclic) bond motifs is 3. The number of ketones is 1. The van der Waals surface area contributed by atoms with Crippen LogP contribution in [0.1, 0.15) is 24.8 Å². The van der Waals surface area contributed by atoms with E-state index in [0.717, 1.165) is 5.56 Å². The summed E-state index contributed by atoms with van der Waals surface area (Å²) in [6, 6.07) is 3.64. The van der Waals surface area contributed by atoms with Gasteiger partial charge in [-0.25, -0.2) is 0 Å². The van der Waals surface area contributed by atoms with Gasteiger partial charge in [0.15, 0.2) is 22.9 Å². The summed E-state index contributed by atoms with van der Waals surface area (Å²) in [6.07, 6.45) is 2.60. The van der Waals surface area contributed by atoms with Gasteiger partial charge in [-0.1, -0.05) is 13.0 Å². The molecule has 0 aromatic heterocycles. The fourth-order valence-electron chi connectivity index (χ4n) is 5.31. The summed E-state index contributed by atoms with van der Waals surface area (Å²) in [4.78, 5) is 13.6. The second-order valence-electron chi connectivity index (χ2n) is 7.67. The number of carbonyl (C=O) groups excluding carboxylic acids is 1. The highest BCUT2D eigenvalue weighted by Crippen LogP contribution is 2.61. The van der Waals surface area contributed by atoms with Crippen LogP contribution in [0, 0.1) is 5.92 Å². The van der Waals surface area contributed by atoms with E-state index in [2.05, 4.69) is 6.58 Å². The molecule has 1 aromatic rings. The molecule has 1 saturated carbocycles. The van der Waals surface area contributed by atoms with E-state index in [0.29, 0.717) is 29.2 Å². The molecule has 1 heterocycles. The van der Waals surface area contributed by atoms with Gasteiger partial charge in [0.2, 0.25) is 12.5 Å². The first-order valence-electron chi connectivity index (χ1n) is 9.54. The average molecular weight is 402 g/mol. The Hall–Kier alpha value is -2.35. The number of hydrogen-bond donors (Lipinski definition) is 1. The van der Waals surface area contributed by atoms with Crippen LogP contribution in [0.25, 0.3) is 0 Å². The number of rotatable bonds is 6. The smallest absolute Gasteiger partial charge is 0.231 e. The molecule has 3 aliphatic rings. The first-order valence-corrected chi connectivity index (χ1v) is 9.54. The standard InChI is InChI=1S/C22H26O7/c1-6-7-13-10-21(26-4)12(2)17(22(27-5,19(13)23)20(21)24)14-8-15(25-3)18-16(9-14)28-11-29-18/h6,8-10,12,17,20,24H,1,7,11H2,2-5H3. The van der Waals surface area contributed by atoms with E-state index in [9.17, 15) is 9.90 Å². The van der Waals surface area contributed by atoms with Crippen molar-refractivity contribution in [3.63, 3.8) is 0 Å². The fraction of sp³-hybridized carbons (Fsp3) is 0.500. The third-order valence-electron chi connectivity index (χ3n) is 6.65. The van der Waals surface area contributed by atoms with Crippen LogP contribution in [0.15, 0.2) is 36.4 Å². The third kappa shape index (κ3) is 2.38. The molecule has 5 atom stereocenters. The van der Waals surface area contributed by atoms with E-state index in [1.807, 2.05) is 19.1 Å². The summed E-state index contributed by atoms with van der Waals surface area (Å²) < 4.78 is 28.3. The summed E-state index contributed by atoms with van der Waals surface area (Å²) in [5.74, 6) is 0.520. The summed E-state index contributed by atoms with van der Waals surface area (Å²) in [7, 11) is 4.54. The van der Waals surface area contributed by atoms with E-state index in [-0.39, 0.29) is 18.5 Å². The lowest BCUT2D eigenvalue weighted by atomic mass is 9.74. The molecule has 5 unspecified atom stereocenters. The van der Waals surface area contributed by atoms with Crippen molar-refractivity contribution in [2.75, 3.05) is 28.1 Å². The van der Waals surface area contributed by atoms with Gasteiger partial charge >= 0.3 is 0 Å². The molecule has 2 aliphatic carbocycles. The Kier molecular flexibility index (Phi) is 4.72. The predicted octanol–water partition coefficient (Wildman–Crippen LogP) is 2.37. The largest absolute Gasteiger partial charge is 0.493 e. The van der Waals surface area contributed by atoms with Crippen molar-refractivity contribution in [3.8, 4) is 17.2 Å². The molecule has 0 spiro atoms. The molecule has 1 aromatic carbocycles. The van der Waals surface area contributed by atoms with E-state index in [1.54, 1.807) is 26.4 Å². The summed E-state index contributed by atoms with van der Waals surface area (Å²) in [6.45, 7) is 5.80. The van der Waals surface area contributed by atoms with E-state index >= 15 is 0 Å². The van der Waals surface area contributed by atoms with Crippen molar-refractivity contribution in [2.45, 2.75) is 36.6 Å². The zero-order valence-corrected chi connectivity index (χ0v) is 17.1. The van der Waals surface area contributed by atoms with Gasteiger partial charge in [-0.05, 0) is 30.2 Å². The lowest BCUT2D eigenvalue weighted by Gasteiger charge is -2.41. The fourth-order valence-corrected chi connectivity index (χ4v) is 5.31. The Morgan fingerprint density at radius 2 is 2.03 bits per heavy atom. The Morgan fingerprint density at radius 1 is 1.28 bits per heavy atom. The topological polar surface area (TPSA) is 83.5 Å². The molecule has 4 rings (SSSR count). The SMILES string of the molecule is C=CCC1=CC2(OC)C(C)C(c3cc(OC)c4c(c3)OCO4)C(OC)(C1=O)C2O. The third-order valence-corrected chi connectivity index (χ3v) is 6.65. The lowest BCUT2D eigenvalue weighted by Crippen LogP contribution is -2.60. The van der Waals surface area contributed by atoms with Crippen molar-refractivity contribution >= 4 is 5.78 Å². The number of Topliss-reactive ketones (excluding diaryl/α,β-unsaturated/α-hetero) is 1. The molecule has 0 radical (unpaired) electrons. The van der Waals surface area contributed by atoms with Gasteiger partial charge < -0.3 is 28.8 Å². The number of methoxy groups -OCH3 is 3. The van der Waals surface area contributed by atoms with E-state index < -0.39 is 23.2 Å². The van der Waals surface area contributed by atoms with Gasteiger partial charge in [0.1, 0.15) is 11.7 Å². The second-order valence-corrected chi connectivity index (χ2v) is 7.67. The van der Waals surface area contributed by atoms with Gasteiger partial charge in [0.05, 0.1) is 7.11 Å². The number of ether oxygens (including phenoxy) is 5. The second kappa shape index (κ2) is 6.86. The number of hydrogen-bond acceptors (Lipinski definition) is 7. The molecule has 156 valence electrons. The number of aliphatic hydroxyl groups is 1. The van der Waals surface area contributed by atoms with Crippen molar-refractivity contribution in [3.05, 3.63) is 42.0 Å². The quantitative estimate of drug-likeness (QED) is 0.732. The Bertz CT molecular complexity index is 891. The molecular formula is C22H26O7. The van der Waals surface area contributed by atoms with Crippen LogP contribution in [-0.2, 0) is 14.3 Å². The zero-order valence-electron chi connectivity index (χ0n) is 17.1. The first-order chi connectivity index (χ1) is 13.9. The molecule has 0 saturated heterocycles. The minimum Gasteiger partial charge on any atom is -0.493 e. The van der Waals surface area contributed by atoms with Crippen LogP contribution < -0.4 is 14.2 Å². The molecule has 1 N–H and O–H groups in total. The maximum atomic E-state index is 13.6. The van der Waals surface area contributed by atoms with Crippen LogP contribution in [0.5, 0.6) is 17.2 Å². The Labute approximate surface area is 169 Å². The number of allylic oxidation sites excluding steroid dienone is 1. The van der Waals surface area contributed by atoms with E-state index in [4.69, 9.17) is 23.7 Å². The van der Waals surface area contributed by atoms with Crippen LogP contribution in [-0.4, -0.2) is 56.3 Å². The molecule has 7 heteroatoms. The summed E-state index contributed by atoms with van der Waals surface area (Å²) in [5.41, 5.74) is -1.30. The van der Waals surface area contributed by atoms with Crippen LogP contribution in [0.2, 0.25) is 0 Å². The predicted molar refractivity (Wildman–Crippen MR) is 104 cm³/mol. The van der Waals surface area contributed by atoms with Gasteiger partial charge in [-0.2, -0.15) is 0 Å². The number of benzene rings is 1. The summed E-state index contributed by atoms with van der Waals surface area (Å²) in [5, 5.41) is 11.4.